The third-order valence-electron chi connectivity index (χ3n) is 4.57. The van der Waals surface area contributed by atoms with Crippen molar-refractivity contribution in [1.82, 2.24) is 0 Å². The van der Waals surface area contributed by atoms with Gasteiger partial charge in [-0.2, -0.15) is 0 Å². The van der Waals surface area contributed by atoms with Gasteiger partial charge in [0.15, 0.2) is 5.60 Å². The molecule has 4 aliphatic rings. The maximum atomic E-state index is 9.75. The lowest BCUT2D eigenvalue weighted by Crippen LogP contribution is -2.55. The molecule has 4 nitrogen and oxygen atoms in total. The molecule has 0 aromatic carbocycles. The molecule has 2 aliphatic heterocycles. The summed E-state index contributed by atoms with van der Waals surface area (Å²) in [5.41, 5.74) is 3.48. The molecule has 1 fully saturated rings. The molecule has 0 unspecified atom stereocenters. The molecule has 106 valence electrons. The summed E-state index contributed by atoms with van der Waals surface area (Å²) in [5.74, 6) is 2.26. The highest BCUT2D eigenvalue weighted by atomic mass is 16.6. The lowest BCUT2D eigenvalue weighted by molar-refractivity contribution is -0.166. The van der Waals surface area contributed by atoms with E-state index in [1.807, 2.05) is 0 Å². The van der Waals surface area contributed by atoms with Gasteiger partial charge in [0, 0.05) is 24.5 Å². The van der Waals surface area contributed by atoms with Crippen LogP contribution < -0.4 is 0 Å². The Bertz CT molecular complexity index is 588. The van der Waals surface area contributed by atoms with Crippen LogP contribution in [0.3, 0.4) is 0 Å². The number of fused-ring (bicyclic) bond motifs is 2. The van der Waals surface area contributed by atoms with E-state index in [9.17, 15) is 5.11 Å². The summed E-state index contributed by atoms with van der Waals surface area (Å²) in [5, 5.41) is 9.75. The number of aliphatic hydroxyl groups excluding tert-OH is 1. The third-order valence-corrected chi connectivity index (χ3v) is 4.57. The average Bonchev–Trinajstić information content (AvgIpc) is 2.43. The Hall–Kier alpha value is -1.68. The largest absolute Gasteiger partial charge is 0.512 e. The highest BCUT2D eigenvalue weighted by molar-refractivity contribution is 5.55. The van der Waals surface area contributed by atoms with Gasteiger partial charge in [0.2, 0.25) is 0 Å². The molecule has 4 rings (SSSR count). The van der Waals surface area contributed by atoms with E-state index in [1.165, 1.54) is 16.7 Å². The van der Waals surface area contributed by atoms with E-state index < -0.39 is 0 Å². The second-order valence-corrected chi connectivity index (χ2v) is 5.77. The Balaban J connectivity index is 1.85. The van der Waals surface area contributed by atoms with Gasteiger partial charge in [0.1, 0.15) is 5.76 Å². The Morgan fingerprint density at radius 2 is 1.90 bits per heavy atom. The minimum atomic E-state index is -0.369. The number of hydrogen-bond acceptors (Lipinski definition) is 4. The zero-order valence-electron chi connectivity index (χ0n) is 11.6. The average molecular weight is 274 g/mol. The molecule has 4 heteroatoms. The van der Waals surface area contributed by atoms with E-state index in [-0.39, 0.29) is 5.60 Å². The van der Waals surface area contributed by atoms with Crippen molar-refractivity contribution in [3.8, 4) is 0 Å². The van der Waals surface area contributed by atoms with Crippen LogP contribution in [-0.4, -0.2) is 31.0 Å². The molecule has 0 aromatic rings. The van der Waals surface area contributed by atoms with E-state index in [0.717, 1.165) is 30.8 Å². The van der Waals surface area contributed by atoms with Crippen LogP contribution in [0.25, 0.3) is 0 Å². The standard InChI is InChI=1S/C16H18O4/c1-18-11-3-5-12-13-4-2-10(17)6-15(13)20-16(8-19-9-16)14(12)7-11/h6-7,17H,2-5,8-9H2,1H3. The van der Waals surface area contributed by atoms with Crippen LogP contribution in [0, 0.1) is 0 Å². The molecule has 1 N–H and O–H groups in total. The van der Waals surface area contributed by atoms with E-state index in [0.29, 0.717) is 25.4 Å². The van der Waals surface area contributed by atoms with Crippen molar-refractivity contribution >= 4 is 0 Å². The Morgan fingerprint density at radius 1 is 1.10 bits per heavy atom. The maximum Gasteiger partial charge on any atom is 0.181 e. The van der Waals surface area contributed by atoms with Gasteiger partial charge >= 0.3 is 0 Å². The van der Waals surface area contributed by atoms with Crippen LogP contribution in [0.5, 0.6) is 0 Å². The molecule has 1 spiro atoms. The van der Waals surface area contributed by atoms with E-state index >= 15 is 0 Å². The third kappa shape index (κ3) is 1.57. The normalized spacial score (nSPS) is 27.1. The first-order valence-electron chi connectivity index (χ1n) is 7.10. The molecular formula is C16H18O4. The van der Waals surface area contributed by atoms with Crippen LogP contribution in [0.15, 0.2) is 46.1 Å². The van der Waals surface area contributed by atoms with E-state index in [1.54, 1.807) is 13.2 Å². The van der Waals surface area contributed by atoms with E-state index in [4.69, 9.17) is 14.2 Å². The fourth-order valence-corrected chi connectivity index (χ4v) is 3.43. The molecule has 2 aliphatic carbocycles. The molecule has 0 aromatic heterocycles. The quantitative estimate of drug-likeness (QED) is 0.798. The zero-order chi connectivity index (χ0) is 13.7. The summed E-state index contributed by atoms with van der Waals surface area (Å²) < 4.78 is 17.0. The fraction of sp³-hybridized carbons (Fsp3) is 0.500. The number of aliphatic hydroxyl groups is 1. The van der Waals surface area contributed by atoms with Gasteiger partial charge in [0.05, 0.1) is 31.8 Å². The zero-order valence-corrected chi connectivity index (χ0v) is 11.6. The second-order valence-electron chi connectivity index (χ2n) is 5.77. The first kappa shape index (κ1) is 12.1. The maximum absolute atomic E-state index is 9.75. The topological polar surface area (TPSA) is 47.9 Å². The molecular weight excluding hydrogens is 256 g/mol. The van der Waals surface area contributed by atoms with Crippen molar-refractivity contribution in [2.24, 2.45) is 0 Å². The monoisotopic (exact) mass is 274 g/mol. The molecule has 1 saturated heterocycles. The first-order valence-corrected chi connectivity index (χ1v) is 7.10. The summed E-state index contributed by atoms with van der Waals surface area (Å²) in [7, 11) is 1.72. The molecule has 0 atom stereocenters. The highest BCUT2D eigenvalue weighted by Gasteiger charge is 2.49. The van der Waals surface area contributed by atoms with Gasteiger partial charge in [-0.05, 0) is 30.1 Å². The van der Waals surface area contributed by atoms with Crippen molar-refractivity contribution in [1.29, 1.82) is 0 Å². The first-order chi connectivity index (χ1) is 9.72. The number of rotatable bonds is 1. The lowest BCUT2D eigenvalue weighted by Gasteiger charge is -2.48. The second kappa shape index (κ2) is 4.16. The SMILES string of the molecule is COC1=CC2=C(CC1)C1=C(C=C(O)CC1)OC21COC1. The summed E-state index contributed by atoms with van der Waals surface area (Å²) >= 11 is 0. The molecule has 2 heterocycles. The van der Waals surface area contributed by atoms with E-state index in [2.05, 4.69) is 6.08 Å². The smallest absolute Gasteiger partial charge is 0.181 e. The van der Waals surface area contributed by atoms with Gasteiger partial charge in [-0.1, -0.05) is 0 Å². The van der Waals surface area contributed by atoms with Crippen LogP contribution in [0.1, 0.15) is 25.7 Å². The number of hydrogen-bond donors (Lipinski definition) is 1. The molecule has 20 heavy (non-hydrogen) atoms. The molecule has 0 amide bonds. The minimum Gasteiger partial charge on any atom is -0.512 e. The van der Waals surface area contributed by atoms with Gasteiger partial charge in [-0.15, -0.1) is 0 Å². The van der Waals surface area contributed by atoms with Gasteiger partial charge < -0.3 is 19.3 Å². The van der Waals surface area contributed by atoms with Crippen LogP contribution in [-0.2, 0) is 14.2 Å². The van der Waals surface area contributed by atoms with Gasteiger partial charge in [-0.3, -0.25) is 0 Å². The summed E-state index contributed by atoms with van der Waals surface area (Å²) in [6, 6.07) is 0. The summed E-state index contributed by atoms with van der Waals surface area (Å²) in [6.07, 6.45) is 7.36. The molecule has 0 saturated carbocycles. The van der Waals surface area contributed by atoms with Crippen molar-refractivity contribution in [2.45, 2.75) is 31.3 Å². The Labute approximate surface area is 118 Å². The van der Waals surface area contributed by atoms with Crippen molar-refractivity contribution < 1.29 is 19.3 Å². The van der Waals surface area contributed by atoms with Gasteiger partial charge in [0.25, 0.3) is 0 Å². The van der Waals surface area contributed by atoms with Crippen molar-refractivity contribution in [3.05, 3.63) is 46.1 Å². The van der Waals surface area contributed by atoms with Crippen molar-refractivity contribution in [2.75, 3.05) is 20.3 Å². The predicted octanol–water partition coefficient (Wildman–Crippen LogP) is 2.90. The number of methoxy groups -OCH3 is 1. The minimum absolute atomic E-state index is 0.369. The summed E-state index contributed by atoms with van der Waals surface area (Å²) in [6.45, 7) is 1.15. The lowest BCUT2D eigenvalue weighted by atomic mass is 9.76. The fourth-order valence-electron chi connectivity index (χ4n) is 3.43. The molecule has 0 bridgehead atoms. The Kier molecular flexibility index (Phi) is 2.51. The van der Waals surface area contributed by atoms with Crippen molar-refractivity contribution in [3.63, 3.8) is 0 Å². The number of ether oxygens (including phenoxy) is 3. The van der Waals surface area contributed by atoms with Gasteiger partial charge in [-0.25, -0.2) is 0 Å². The van der Waals surface area contributed by atoms with Crippen LogP contribution in [0.4, 0.5) is 0 Å². The van der Waals surface area contributed by atoms with Crippen LogP contribution in [0.2, 0.25) is 0 Å². The van der Waals surface area contributed by atoms with Crippen LogP contribution >= 0.6 is 0 Å². The predicted molar refractivity (Wildman–Crippen MR) is 73.0 cm³/mol. The summed E-state index contributed by atoms with van der Waals surface area (Å²) in [4.78, 5) is 0. The highest BCUT2D eigenvalue weighted by Crippen LogP contribution is 2.48. The molecule has 0 radical (unpaired) electrons. The number of allylic oxidation sites excluding steroid dienone is 5. The Morgan fingerprint density at radius 3 is 2.60 bits per heavy atom.